The van der Waals surface area contributed by atoms with Crippen molar-refractivity contribution in [3.63, 3.8) is 0 Å². The standard InChI is InChI=1S/C12H14F3NO2/c13-12(14,15)9-1-3-10(4-2-9)16-5-6-18-11(7-16)8-17/h1-4,11,17H,5-8H2. The van der Waals surface area contributed by atoms with Gasteiger partial charge in [0.1, 0.15) is 0 Å². The SMILES string of the molecule is OCC1CN(c2ccc(C(F)(F)F)cc2)CCO1. The predicted octanol–water partition coefficient (Wildman–Crippen LogP) is 1.90. The van der Waals surface area contributed by atoms with Crippen LogP contribution in [0.4, 0.5) is 18.9 Å². The first-order chi connectivity index (χ1) is 8.50. The maximum absolute atomic E-state index is 12.4. The smallest absolute Gasteiger partial charge is 0.394 e. The molecule has 3 nitrogen and oxygen atoms in total. The van der Waals surface area contributed by atoms with Crippen LogP contribution >= 0.6 is 0 Å². The summed E-state index contributed by atoms with van der Waals surface area (Å²) in [5, 5.41) is 9.01. The van der Waals surface area contributed by atoms with E-state index in [4.69, 9.17) is 9.84 Å². The second-order valence-corrected chi connectivity index (χ2v) is 4.17. The molecule has 0 radical (unpaired) electrons. The highest BCUT2D eigenvalue weighted by Crippen LogP contribution is 2.30. The van der Waals surface area contributed by atoms with Gasteiger partial charge < -0.3 is 14.7 Å². The Labute approximate surface area is 103 Å². The number of aliphatic hydroxyl groups is 1. The Morgan fingerprint density at radius 3 is 2.50 bits per heavy atom. The highest BCUT2D eigenvalue weighted by atomic mass is 19.4. The molecule has 100 valence electrons. The molecule has 0 bridgehead atoms. The fourth-order valence-electron chi connectivity index (χ4n) is 1.93. The number of rotatable bonds is 2. The van der Waals surface area contributed by atoms with Crippen LogP contribution in [-0.4, -0.2) is 37.5 Å². The minimum atomic E-state index is -4.31. The van der Waals surface area contributed by atoms with Gasteiger partial charge in [0.25, 0.3) is 0 Å². The summed E-state index contributed by atoms with van der Waals surface area (Å²) in [5.74, 6) is 0. The maximum Gasteiger partial charge on any atom is 0.416 e. The number of morpholine rings is 1. The van der Waals surface area contributed by atoms with Crippen molar-refractivity contribution < 1.29 is 23.0 Å². The summed E-state index contributed by atoms with van der Waals surface area (Å²) in [6.45, 7) is 1.48. The van der Waals surface area contributed by atoms with Crippen molar-refractivity contribution in [3.8, 4) is 0 Å². The van der Waals surface area contributed by atoms with E-state index >= 15 is 0 Å². The van der Waals surface area contributed by atoms with Crippen LogP contribution in [0.2, 0.25) is 0 Å². The van der Waals surface area contributed by atoms with E-state index in [1.165, 1.54) is 12.1 Å². The number of alkyl halides is 3. The highest BCUT2D eigenvalue weighted by molar-refractivity contribution is 5.48. The number of hydrogen-bond donors (Lipinski definition) is 1. The van der Waals surface area contributed by atoms with Crippen LogP contribution in [0.25, 0.3) is 0 Å². The van der Waals surface area contributed by atoms with E-state index in [-0.39, 0.29) is 12.7 Å². The third-order valence-electron chi connectivity index (χ3n) is 2.90. The Kier molecular flexibility index (Phi) is 3.77. The largest absolute Gasteiger partial charge is 0.416 e. The first-order valence-electron chi connectivity index (χ1n) is 5.65. The fourth-order valence-corrected chi connectivity index (χ4v) is 1.93. The Balaban J connectivity index is 2.09. The van der Waals surface area contributed by atoms with Crippen molar-refractivity contribution in [3.05, 3.63) is 29.8 Å². The molecule has 1 unspecified atom stereocenters. The number of benzene rings is 1. The quantitative estimate of drug-likeness (QED) is 0.882. The minimum absolute atomic E-state index is 0.0862. The van der Waals surface area contributed by atoms with Crippen molar-refractivity contribution >= 4 is 5.69 Å². The van der Waals surface area contributed by atoms with Gasteiger partial charge in [-0.05, 0) is 24.3 Å². The Morgan fingerprint density at radius 2 is 1.94 bits per heavy atom. The lowest BCUT2D eigenvalue weighted by atomic mass is 10.1. The van der Waals surface area contributed by atoms with Crippen LogP contribution in [0.15, 0.2) is 24.3 Å². The number of nitrogens with zero attached hydrogens (tertiary/aromatic N) is 1. The van der Waals surface area contributed by atoms with Crippen molar-refractivity contribution in [1.82, 2.24) is 0 Å². The van der Waals surface area contributed by atoms with E-state index < -0.39 is 11.7 Å². The number of aliphatic hydroxyl groups excluding tert-OH is 1. The zero-order valence-electron chi connectivity index (χ0n) is 9.65. The molecule has 0 aromatic heterocycles. The van der Waals surface area contributed by atoms with Crippen LogP contribution in [-0.2, 0) is 10.9 Å². The molecule has 1 aliphatic heterocycles. The highest BCUT2D eigenvalue weighted by Gasteiger charge is 2.30. The zero-order chi connectivity index (χ0) is 13.2. The topological polar surface area (TPSA) is 32.7 Å². The maximum atomic E-state index is 12.4. The fraction of sp³-hybridized carbons (Fsp3) is 0.500. The van der Waals surface area contributed by atoms with Gasteiger partial charge >= 0.3 is 6.18 Å². The van der Waals surface area contributed by atoms with E-state index in [9.17, 15) is 13.2 Å². The molecule has 0 aliphatic carbocycles. The summed E-state index contributed by atoms with van der Waals surface area (Å²) in [4.78, 5) is 1.91. The van der Waals surface area contributed by atoms with E-state index in [0.29, 0.717) is 25.4 Å². The molecule has 1 fully saturated rings. The average Bonchev–Trinajstić information content (AvgIpc) is 2.38. The van der Waals surface area contributed by atoms with Crippen LogP contribution < -0.4 is 4.90 Å². The molecule has 0 amide bonds. The number of halogens is 3. The summed E-state index contributed by atoms with van der Waals surface area (Å²) in [6, 6.07) is 5.03. The van der Waals surface area contributed by atoms with Crippen LogP contribution in [0.3, 0.4) is 0 Å². The van der Waals surface area contributed by atoms with Crippen molar-refractivity contribution in [1.29, 1.82) is 0 Å². The number of ether oxygens (including phenoxy) is 1. The Morgan fingerprint density at radius 1 is 1.28 bits per heavy atom. The van der Waals surface area contributed by atoms with E-state index in [2.05, 4.69) is 0 Å². The second kappa shape index (κ2) is 5.16. The van der Waals surface area contributed by atoms with Gasteiger partial charge in [-0.2, -0.15) is 13.2 Å². The predicted molar refractivity (Wildman–Crippen MR) is 60.5 cm³/mol. The zero-order valence-corrected chi connectivity index (χ0v) is 9.65. The van der Waals surface area contributed by atoms with Gasteiger partial charge in [0, 0.05) is 18.8 Å². The van der Waals surface area contributed by atoms with E-state index in [1.807, 2.05) is 4.90 Å². The first kappa shape index (κ1) is 13.2. The molecular formula is C12H14F3NO2. The van der Waals surface area contributed by atoms with Gasteiger partial charge in [-0.3, -0.25) is 0 Å². The molecule has 1 aromatic carbocycles. The molecular weight excluding hydrogens is 247 g/mol. The molecule has 1 heterocycles. The molecule has 2 rings (SSSR count). The first-order valence-corrected chi connectivity index (χ1v) is 5.65. The van der Waals surface area contributed by atoms with Gasteiger partial charge in [-0.25, -0.2) is 0 Å². The number of hydrogen-bond acceptors (Lipinski definition) is 3. The van der Waals surface area contributed by atoms with Gasteiger partial charge in [-0.1, -0.05) is 0 Å². The average molecular weight is 261 g/mol. The van der Waals surface area contributed by atoms with E-state index in [1.54, 1.807) is 0 Å². The molecule has 18 heavy (non-hydrogen) atoms. The van der Waals surface area contributed by atoms with Gasteiger partial charge in [0.05, 0.1) is 24.9 Å². The summed E-state index contributed by atoms with van der Waals surface area (Å²) in [5.41, 5.74) is 0.0583. The van der Waals surface area contributed by atoms with Crippen molar-refractivity contribution in [2.24, 2.45) is 0 Å². The molecule has 0 saturated carbocycles. The molecule has 0 spiro atoms. The molecule has 1 saturated heterocycles. The molecule has 1 N–H and O–H groups in total. The summed E-state index contributed by atoms with van der Waals surface area (Å²) < 4.78 is 42.5. The Bertz CT molecular complexity index is 391. The molecule has 1 atom stereocenters. The summed E-state index contributed by atoms with van der Waals surface area (Å²) in [7, 11) is 0. The van der Waals surface area contributed by atoms with Crippen LogP contribution in [0, 0.1) is 0 Å². The lowest BCUT2D eigenvalue weighted by molar-refractivity contribution is -0.137. The third kappa shape index (κ3) is 2.94. The molecule has 1 aliphatic rings. The van der Waals surface area contributed by atoms with E-state index in [0.717, 1.165) is 12.1 Å². The van der Waals surface area contributed by atoms with Gasteiger partial charge in [-0.15, -0.1) is 0 Å². The van der Waals surface area contributed by atoms with Crippen LogP contribution in [0.1, 0.15) is 5.56 Å². The van der Waals surface area contributed by atoms with Gasteiger partial charge in [0.15, 0.2) is 0 Å². The second-order valence-electron chi connectivity index (χ2n) is 4.17. The summed E-state index contributed by atoms with van der Waals surface area (Å²) in [6.07, 6.45) is -4.59. The lowest BCUT2D eigenvalue weighted by Gasteiger charge is -2.33. The lowest BCUT2D eigenvalue weighted by Crippen LogP contribution is -2.44. The van der Waals surface area contributed by atoms with Gasteiger partial charge in [0.2, 0.25) is 0 Å². The van der Waals surface area contributed by atoms with Crippen molar-refractivity contribution in [2.75, 3.05) is 31.2 Å². The molecule has 1 aromatic rings. The number of anilines is 1. The third-order valence-corrected chi connectivity index (χ3v) is 2.90. The monoisotopic (exact) mass is 261 g/mol. The minimum Gasteiger partial charge on any atom is -0.394 e. The summed E-state index contributed by atoms with van der Waals surface area (Å²) >= 11 is 0. The van der Waals surface area contributed by atoms with Crippen LogP contribution in [0.5, 0.6) is 0 Å². The molecule has 6 heteroatoms. The normalized spacial score (nSPS) is 21.1. The van der Waals surface area contributed by atoms with Crippen molar-refractivity contribution in [2.45, 2.75) is 12.3 Å². The Hall–Kier alpha value is -1.27.